The molecule has 29 heavy (non-hydrogen) atoms. The maximum absolute atomic E-state index is 6.84. The maximum atomic E-state index is 6.84. The second-order valence-electron chi connectivity index (χ2n) is 9.28. The summed E-state index contributed by atoms with van der Waals surface area (Å²) in [6.07, 6.45) is 7.72. The molecule has 0 N–H and O–H groups in total. The zero-order chi connectivity index (χ0) is 20.5. The Balaban J connectivity index is 1.35. The number of aryl methyl sites for hydroxylation is 1. The number of nitrogens with zero attached hydrogens (tertiary/aromatic N) is 1. The summed E-state index contributed by atoms with van der Waals surface area (Å²) in [5.41, 5.74) is 5.43. The molecule has 0 unspecified atom stereocenters. The van der Waals surface area contributed by atoms with Crippen LogP contribution in [0.4, 0.5) is 0 Å². The molecule has 0 saturated heterocycles. The molecule has 3 heteroatoms. The fourth-order valence-electron chi connectivity index (χ4n) is 4.30. The third-order valence-electron chi connectivity index (χ3n) is 6.60. The van der Waals surface area contributed by atoms with Crippen molar-refractivity contribution < 1.29 is 0 Å². The molecule has 0 aromatic heterocycles. The zero-order valence-electron chi connectivity index (χ0n) is 17.8. The molecule has 156 valence electrons. The van der Waals surface area contributed by atoms with Crippen LogP contribution in [0.1, 0.15) is 68.2 Å². The van der Waals surface area contributed by atoms with Crippen molar-refractivity contribution in [1.82, 2.24) is 4.90 Å². The Labute approximate surface area is 186 Å². The molecule has 1 nitrogen and oxygen atoms in total. The lowest BCUT2D eigenvalue weighted by atomic mass is 9.94. The van der Waals surface area contributed by atoms with Gasteiger partial charge in [-0.15, -0.1) is 23.2 Å². The van der Waals surface area contributed by atoms with Gasteiger partial charge in [0.25, 0.3) is 0 Å². The molecule has 0 spiro atoms. The zero-order valence-corrected chi connectivity index (χ0v) is 19.3. The summed E-state index contributed by atoms with van der Waals surface area (Å²) in [4.78, 5) is 2.32. The first-order chi connectivity index (χ1) is 13.9. The molecular weight excluding hydrogens is 397 g/mol. The third-order valence-corrected chi connectivity index (χ3v) is 7.76. The number of rotatable bonds is 10. The highest BCUT2D eigenvalue weighted by Crippen LogP contribution is 2.60. The van der Waals surface area contributed by atoms with Crippen molar-refractivity contribution in [2.45, 2.75) is 74.6 Å². The molecule has 2 saturated carbocycles. The summed E-state index contributed by atoms with van der Waals surface area (Å²) < 4.78 is 0. The van der Waals surface area contributed by atoms with Crippen LogP contribution in [-0.4, -0.2) is 24.0 Å². The summed E-state index contributed by atoms with van der Waals surface area (Å²) >= 11 is 13.6. The highest BCUT2D eigenvalue weighted by atomic mass is 35.5. The molecule has 0 heterocycles. The Morgan fingerprint density at radius 1 is 0.793 bits per heavy atom. The van der Waals surface area contributed by atoms with Gasteiger partial charge in [-0.25, -0.2) is 0 Å². The number of halogens is 2. The molecule has 0 aliphatic heterocycles. The Morgan fingerprint density at radius 3 is 2.07 bits per heavy atom. The Bertz CT molecular complexity index is 822. The molecule has 0 radical (unpaired) electrons. The summed E-state index contributed by atoms with van der Waals surface area (Å²) in [5.74, 6) is 0. The van der Waals surface area contributed by atoms with Gasteiger partial charge in [-0.3, -0.25) is 0 Å². The average molecular weight is 430 g/mol. The minimum Gasteiger partial charge on any atom is -0.301 e. The van der Waals surface area contributed by atoms with E-state index in [2.05, 4.69) is 67.3 Å². The van der Waals surface area contributed by atoms with Crippen LogP contribution >= 0.6 is 23.2 Å². The first kappa shape index (κ1) is 21.2. The van der Waals surface area contributed by atoms with Crippen LogP contribution in [0.5, 0.6) is 0 Å². The van der Waals surface area contributed by atoms with Crippen molar-refractivity contribution in [2.75, 3.05) is 13.1 Å². The third kappa shape index (κ3) is 5.19. The van der Waals surface area contributed by atoms with Gasteiger partial charge in [-0.2, -0.15) is 0 Å². The van der Waals surface area contributed by atoms with E-state index in [0.29, 0.717) is 6.04 Å². The minimum atomic E-state index is -0.143. The van der Waals surface area contributed by atoms with Gasteiger partial charge in [0.2, 0.25) is 0 Å². The first-order valence-electron chi connectivity index (χ1n) is 11.2. The van der Waals surface area contributed by atoms with E-state index in [1.165, 1.54) is 28.7 Å². The lowest BCUT2D eigenvalue weighted by Crippen LogP contribution is -2.34. The molecule has 2 aliphatic rings. The van der Waals surface area contributed by atoms with Gasteiger partial charge in [-0.05, 0) is 87.6 Å². The average Bonchev–Trinajstić information content (AvgIpc) is 3.64. The molecule has 0 bridgehead atoms. The summed E-state index contributed by atoms with van der Waals surface area (Å²) in [7, 11) is 0. The smallest absolute Gasteiger partial charge is 0.0699 e. The van der Waals surface area contributed by atoms with Gasteiger partial charge < -0.3 is 4.90 Å². The van der Waals surface area contributed by atoms with E-state index in [9.17, 15) is 0 Å². The van der Waals surface area contributed by atoms with E-state index < -0.39 is 0 Å². The Morgan fingerprint density at radius 2 is 1.45 bits per heavy atom. The van der Waals surface area contributed by atoms with Gasteiger partial charge >= 0.3 is 0 Å². The largest absolute Gasteiger partial charge is 0.301 e. The summed E-state index contributed by atoms with van der Waals surface area (Å²) in [6, 6.07) is 18.3. The molecular formula is C26H33Cl2N. The van der Waals surface area contributed by atoms with E-state index in [-0.39, 0.29) is 9.75 Å². The van der Waals surface area contributed by atoms with Crippen molar-refractivity contribution in [3.05, 3.63) is 70.8 Å². The molecule has 4 rings (SSSR count). The molecule has 0 amide bonds. The van der Waals surface area contributed by atoms with Gasteiger partial charge in [0, 0.05) is 12.6 Å². The molecule has 2 fully saturated rings. The maximum Gasteiger partial charge on any atom is 0.0699 e. The van der Waals surface area contributed by atoms with E-state index in [1.54, 1.807) is 0 Å². The number of alkyl halides is 2. The van der Waals surface area contributed by atoms with Crippen molar-refractivity contribution in [2.24, 2.45) is 0 Å². The van der Waals surface area contributed by atoms with Crippen molar-refractivity contribution in [3.63, 3.8) is 0 Å². The standard InChI is InChI=1S/C26H33Cl2N/c1-20(2)29(18-12-21-7-4-3-5-8-21)17-6-9-22-10-11-23(25(27)13-14-25)24(19-22)26(28)15-16-26/h3-5,7-8,10-11,19-20H,6,9,12-18H2,1-2H3. The topological polar surface area (TPSA) is 3.24 Å². The van der Waals surface area contributed by atoms with Gasteiger partial charge in [-0.1, -0.05) is 48.5 Å². The fourth-order valence-corrected chi connectivity index (χ4v) is 4.81. The van der Waals surface area contributed by atoms with Crippen LogP contribution in [0.2, 0.25) is 0 Å². The van der Waals surface area contributed by atoms with Crippen LogP contribution in [0.3, 0.4) is 0 Å². The summed E-state index contributed by atoms with van der Waals surface area (Å²) in [6.45, 7) is 6.86. The van der Waals surface area contributed by atoms with E-state index in [4.69, 9.17) is 23.2 Å². The lowest BCUT2D eigenvalue weighted by molar-refractivity contribution is 0.222. The number of hydrogen-bond acceptors (Lipinski definition) is 1. The predicted octanol–water partition coefficient (Wildman–Crippen LogP) is 7.03. The highest BCUT2D eigenvalue weighted by Gasteiger charge is 2.50. The Hall–Kier alpha value is -1.02. The van der Waals surface area contributed by atoms with Crippen LogP contribution in [0, 0.1) is 0 Å². The molecule has 2 aromatic rings. The van der Waals surface area contributed by atoms with Crippen LogP contribution in [0.15, 0.2) is 48.5 Å². The fraction of sp³-hybridized carbons (Fsp3) is 0.538. The van der Waals surface area contributed by atoms with E-state index in [1.807, 2.05) is 0 Å². The van der Waals surface area contributed by atoms with Crippen LogP contribution in [0.25, 0.3) is 0 Å². The van der Waals surface area contributed by atoms with Gasteiger partial charge in [0.1, 0.15) is 0 Å². The van der Waals surface area contributed by atoms with E-state index >= 15 is 0 Å². The quantitative estimate of drug-likeness (QED) is 0.366. The van der Waals surface area contributed by atoms with Gasteiger partial charge in [0.15, 0.2) is 0 Å². The highest BCUT2D eigenvalue weighted by molar-refractivity contribution is 6.28. The van der Waals surface area contributed by atoms with E-state index in [0.717, 1.165) is 51.6 Å². The second kappa shape index (κ2) is 8.61. The number of hydrogen-bond donors (Lipinski definition) is 0. The number of benzene rings is 2. The SMILES string of the molecule is CC(C)N(CCCc1ccc(C2(Cl)CC2)c(C2(Cl)CC2)c1)CCc1ccccc1. The lowest BCUT2D eigenvalue weighted by Gasteiger charge is -2.26. The van der Waals surface area contributed by atoms with Crippen molar-refractivity contribution in [1.29, 1.82) is 0 Å². The minimum absolute atomic E-state index is 0.135. The van der Waals surface area contributed by atoms with Crippen molar-refractivity contribution >= 4 is 23.2 Å². The molecule has 2 aliphatic carbocycles. The second-order valence-corrected chi connectivity index (χ2v) is 10.7. The normalized spacial score (nSPS) is 19.0. The monoisotopic (exact) mass is 429 g/mol. The first-order valence-corrected chi connectivity index (χ1v) is 11.9. The Kier molecular flexibility index (Phi) is 6.30. The molecule has 2 aromatic carbocycles. The molecule has 0 atom stereocenters. The van der Waals surface area contributed by atoms with Crippen LogP contribution in [-0.2, 0) is 22.6 Å². The predicted molar refractivity (Wildman–Crippen MR) is 125 cm³/mol. The van der Waals surface area contributed by atoms with Crippen molar-refractivity contribution in [3.8, 4) is 0 Å². The summed E-state index contributed by atoms with van der Waals surface area (Å²) in [5, 5.41) is 0. The van der Waals surface area contributed by atoms with Gasteiger partial charge in [0.05, 0.1) is 9.75 Å². The van der Waals surface area contributed by atoms with Crippen LogP contribution < -0.4 is 0 Å².